The normalized spacial score (nSPS) is 13.2. The van der Waals surface area contributed by atoms with Gasteiger partial charge in [-0.05, 0) is 36.2 Å². The number of hydrogen-bond acceptors (Lipinski definition) is 5. The second-order valence-electron chi connectivity index (χ2n) is 5.34. The van der Waals surface area contributed by atoms with Gasteiger partial charge in [-0.15, -0.1) is 0 Å². The number of ether oxygens (including phenoxy) is 1. The molecule has 2 rings (SSSR count). The molecule has 0 saturated heterocycles. The van der Waals surface area contributed by atoms with Crippen molar-refractivity contribution in [1.29, 1.82) is 0 Å². The van der Waals surface area contributed by atoms with Gasteiger partial charge in [-0.2, -0.15) is 0 Å². The van der Waals surface area contributed by atoms with Crippen molar-refractivity contribution in [1.82, 2.24) is 9.97 Å². The van der Waals surface area contributed by atoms with Gasteiger partial charge in [0.25, 0.3) is 0 Å². The van der Waals surface area contributed by atoms with E-state index >= 15 is 0 Å². The summed E-state index contributed by atoms with van der Waals surface area (Å²) >= 11 is 0. The summed E-state index contributed by atoms with van der Waals surface area (Å²) in [6, 6.07) is 8.56. The number of anilines is 1. The first kappa shape index (κ1) is 16.7. The van der Waals surface area contributed by atoms with Crippen LogP contribution in [0.25, 0.3) is 11.3 Å². The molecule has 0 spiro atoms. The number of methoxy groups -OCH3 is 1. The highest BCUT2D eigenvalue weighted by Gasteiger charge is 2.24. The van der Waals surface area contributed by atoms with Crippen LogP contribution in [0.1, 0.15) is 20.3 Å². The predicted octanol–water partition coefficient (Wildman–Crippen LogP) is 3.06. The minimum absolute atomic E-state index is 0.0271. The van der Waals surface area contributed by atoms with E-state index in [1.165, 1.54) is 0 Å². The number of benzene rings is 1. The van der Waals surface area contributed by atoms with Crippen LogP contribution >= 0.6 is 0 Å². The van der Waals surface area contributed by atoms with Gasteiger partial charge in [0.1, 0.15) is 11.8 Å². The molecule has 0 bridgehead atoms. The predicted molar refractivity (Wildman–Crippen MR) is 88.5 cm³/mol. The molecule has 23 heavy (non-hydrogen) atoms. The van der Waals surface area contributed by atoms with Crippen LogP contribution in [-0.2, 0) is 4.79 Å². The smallest absolute Gasteiger partial charge is 0.326 e. The quantitative estimate of drug-likeness (QED) is 0.817. The monoisotopic (exact) mass is 315 g/mol. The van der Waals surface area contributed by atoms with Crippen LogP contribution in [0, 0.1) is 5.92 Å². The lowest BCUT2D eigenvalue weighted by atomic mass is 9.99. The Morgan fingerprint density at radius 2 is 2.00 bits per heavy atom. The summed E-state index contributed by atoms with van der Waals surface area (Å²) in [4.78, 5) is 19.9. The highest BCUT2D eigenvalue weighted by atomic mass is 16.5. The van der Waals surface area contributed by atoms with Gasteiger partial charge in [-0.25, -0.2) is 14.8 Å². The van der Waals surface area contributed by atoms with Gasteiger partial charge in [-0.3, -0.25) is 0 Å². The van der Waals surface area contributed by atoms with Gasteiger partial charge in [-0.1, -0.05) is 20.3 Å². The minimum atomic E-state index is -0.905. The fourth-order valence-corrected chi connectivity index (χ4v) is 2.17. The first-order valence-corrected chi connectivity index (χ1v) is 7.52. The van der Waals surface area contributed by atoms with E-state index in [0.717, 1.165) is 23.4 Å². The Balaban J connectivity index is 2.23. The number of aliphatic carboxylic acids is 1. The molecule has 0 aliphatic rings. The average molecular weight is 315 g/mol. The van der Waals surface area contributed by atoms with Crippen molar-refractivity contribution >= 4 is 11.9 Å². The number of carboxylic acid groups (broad SMARTS) is 1. The van der Waals surface area contributed by atoms with Crippen molar-refractivity contribution in [3.05, 3.63) is 36.5 Å². The summed E-state index contributed by atoms with van der Waals surface area (Å²) < 4.78 is 5.14. The zero-order valence-electron chi connectivity index (χ0n) is 13.5. The van der Waals surface area contributed by atoms with Crippen LogP contribution in [-0.4, -0.2) is 34.2 Å². The summed E-state index contributed by atoms with van der Waals surface area (Å²) in [5, 5.41) is 12.3. The molecule has 1 aromatic heterocycles. The van der Waals surface area contributed by atoms with E-state index in [-0.39, 0.29) is 5.92 Å². The van der Waals surface area contributed by atoms with Gasteiger partial charge in [0.15, 0.2) is 0 Å². The maximum Gasteiger partial charge on any atom is 0.326 e. The molecule has 1 aromatic carbocycles. The molecular weight excluding hydrogens is 294 g/mol. The third-order valence-electron chi connectivity index (χ3n) is 3.81. The van der Waals surface area contributed by atoms with E-state index in [9.17, 15) is 9.90 Å². The summed E-state index contributed by atoms with van der Waals surface area (Å²) in [6.07, 6.45) is 2.37. The van der Waals surface area contributed by atoms with Gasteiger partial charge >= 0.3 is 5.97 Å². The Hall–Kier alpha value is -2.63. The lowest BCUT2D eigenvalue weighted by molar-refractivity contribution is -0.139. The van der Waals surface area contributed by atoms with Crippen LogP contribution in [0.5, 0.6) is 5.75 Å². The molecule has 0 unspecified atom stereocenters. The Labute approximate surface area is 135 Å². The van der Waals surface area contributed by atoms with E-state index in [1.54, 1.807) is 19.4 Å². The lowest BCUT2D eigenvalue weighted by Crippen LogP contribution is -2.36. The maximum absolute atomic E-state index is 11.4. The number of hydrogen-bond donors (Lipinski definition) is 2. The van der Waals surface area contributed by atoms with E-state index in [2.05, 4.69) is 15.3 Å². The van der Waals surface area contributed by atoms with E-state index in [4.69, 9.17) is 4.74 Å². The van der Waals surface area contributed by atoms with Crippen molar-refractivity contribution in [2.24, 2.45) is 5.92 Å². The molecular formula is C17H21N3O3. The Bertz CT molecular complexity index is 658. The summed E-state index contributed by atoms with van der Waals surface area (Å²) in [5.41, 5.74) is 1.63. The van der Waals surface area contributed by atoms with Crippen LogP contribution in [0.3, 0.4) is 0 Å². The van der Waals surface area contributed by atoms with E-state index in [1.807, 2.05) is 38.1 Å². The van der Waals surface area contributed by atoms with Crippen LogP contribution in [0.15, 0.2) is 36.5 Å². The molecule has 1 heterocycles. The second-order valence-corrected chi connectivity index (χ2v) is 5.34. The van der Waals surface area contributed by atoms with Crippen LogP contribution < -0.4 is 10.1 Å². The zero-order chi connectivity index (χ0) is 16.8. The molecule has 2 N–H and O–H groups in total. The molecule has 0 aliphatic heterocycles. The summed E-state index contributed by atoms with van der Waals surface area (Å²) in [7, 11) is 1.61. The Morgan fingerprint density at radius 3 is 2.57 bits per heavy atom. The molecule has 0 radical (unpaired) electrons. The number of aromatic nitrogens is 2. The molecule has 122 valence electrons. The maximum atomic E-state index is 11.4. The molecule has 6 heteroatoms. The van der Waals surface area contributed by atoms with Gasteiger partial charge in [0, 0.05) is 11.8 Å². The second kappa shape index (κ2) is 7.58. The number of rotatable bonds is 7. The molecule has 2 aromatic rings. The van der Waals surface area contributed by atoms with Crippen LogP contribution in [0.4, 0.5) is 5.95 Å². The third-order valence-corrected chi connectivity index (χ3v) is 3.81. The topological polar surface area (TPSA) is 84.3 Å². The highest BCUT2D eigenvalue weighted by Crippen LogP contribution is 2.21. The molecule has 0 amide bonds. The SMILES string of the molecule is CC[C@H](C)[C@H](Nc1nccc(-c2ccc(OC)cc2)n1)C(=O)O. The van der Waals surface area contributed by atoms with Crippen molar-refractivity contribution in [2.75, 3.05) is 12.4 Å². The number of nitrogens with zero attached hydrogens (tertiary/aromatic N) is 2. The van der Waals surface area contributed by atoms with Gasteiger partial charge in [0.2, 0.25) is 5.95 Å². The van der Waals surface area contributed by atoms with Crippen LogP contribution in [0.2, 0.25) is 0 Å². The van der Waals surface area contributed by atoms with Gasteiger partial charge < -0.3 is 15.2 Å². The zero-order valence-corrected chi connectivity index (χ0v) is 13.5. The molecule has 0 saturated carbocycles. The standard InChI is InChI=1S/C17H21N3O3/c1-4-11(2)15(16(21)22)20-17-18-10-9-14(19-17)12-5-7-13(23-3)8-6-12/h5-11,15H,4H2,1-3H3,(H,21,22)(H,18,19,20)/t11-,15-/m0/s1. The van der Waals surface area contributed by atoms with Gasteiger partial charge in [0.05, 0.1) is 12.8 Å². The molecule has 2 atom stereocenters. The number of carbonyl (C=O) groups is 1. The fraction of sp³-hybridized carbons (Fsp3) is 0.353. The van der Waals surface area contributed by atoms with Crippen molar-refractivity contribution in [2.45, 2.75) is 26.3 Å². The van der Waals surface area contributed by atoms with Crippen molar-refractivity contribution in [3.8, 4) is 17.0 Å². The Kier molecular flexibility index (Phi) is 5.51. The highest BCUT2D eigenvalue weighted by molar-refractivity contribution is 5.77. The molecule has 6 nitrogen and oxygen atoms in total. The first-order chi connectivity index (χ1) is 11.0. The summed E-state index contributed by atoms with van der Waals surface area (Å²) in [6.45, 7) is 3.84. The molecule has 0 fully saturated rings. The largest absolute Gasteiger partial charge is 0.497 e. The first-order valence-electron chi connectivity index (χ1n) is 7.52. The van der Waals surface area contributed by atoms with Crippen molar-refractivity contribution < 1.29 is 14.6 Å². The molecule has 0 aliphatic carbocycles. The summed E-state index contributed by atoms with van der Waals surface area (Å²) in [5.74, 6) is 0.147. The number of nitrogens with one attached hydrogen (secondary N) is 1. The fourth-order valence-electron chi connectivity index (χ4n) is 2.17. The van der Waals surface area contributed by atoms with E-state index in [0.29, 0.717) is 5.95 Å². The van der Waals surface area contributed by atoms with Crippen molar-refractivity contribution in [3.63, 3.8) is 0 Å². The van der Waals surface area contributed by atoms with E-state index < -0.39 is 12.0 Å². The number of carboxylic acids is 1. The average Bonchev–Trinajstić information content (AvgIpc) is 2.59. The lowest BCUT2D eigenvalue weighted by Gasteiger charge is -2.20. The third kappa shape index (κ3) is 4.18. The Morgan fingerprint density at radius 1 is 1.30 bits per heavy atom. The minimum Gasteiger partial charge on any atom is -0.497 e.